The standard InChI is InChI=1S/C21H23N5O2/c1-15-22-19(26-25-15)11-13-21(28)24-18-9-5-8-17(14-18)23-20(27)12-10-16-6-3-2-4-7-16/h2-9,14H,10-13H2,1H3,(H,23,27)(H,24,28)(H,22,25,26). The summed E-state index contributed by atoms with van der Waals surface area (Å²) in [5.74, 6) is 1.15. The molecule has 0 spiro atoms. The Morgan fingerprint density at radius 2 is 1.54 bits per heavy atom. The minimum Gasteiger partial charge on any atom is -0.326 e. The number of aromatic amines is 1. The van der Waals surface area contributed by atoms with Gasteiger partial charge in [-0.2, -0.15) is 5.10 Å². The van der Waals surface area contributed by atoms with Crippen LogP contribution < -0.4 is 10.6 Å². The molecule has 1 heterocycles. The number of hydrogen-bond donors (Lipinski definition) is 3. The summed E-state index contributed by atoms with van der Waals surface area (Å²) >= 11 is 0. The van der Waals surface area contributed by atoms with Crippen molar-refractivity contribution >= 4 is 23.2 Å². The van der Waals surface area contributed by atoms with Gasteiger partial charge in [0.2, 0.25) is 11.8 Å². The molecular weight excluding hydrogens is 354 g/mol. The molecule has 3 N–H and O–H groups in total. The van der Waals surface area contributed by atoms with Gasteiger partial charge in [0.25, 0.3) is 0 Å². The van der Waals surface area contributed by atoms with Crippen molar-refractivity contribution in [3.8, 4) is 0 Å². The Hall–Kier alpha value is -3.48. The molecule has 144 valence electrons. The van der Waals surface area contributed by atoms with Crippen molar-refractivity contribution in [2.24, 2.45) is 0 Å². The highest BCUT2D eigenvalue weighted by molar-refractivity contribution is 5.94. The lowest BCUT2D eigenvalue weighted by molar-refractivity contribution is -0.117. The second-order valence-corrected chi connectivity index (χ2v) is 6.50. The molecule has 0 aliphatic rings. The Morgan fingerprint density at radius 1 is 0.893 bits per heavy atom. The molecule has 2 aromatic carbocycles. The molecular formula is C21H23N5O2. The van der Waals surface area contributed by atoms with E-state index >= 15 is 0 Å². The Labute approximate surface area is 163 Å². The van der Waals surface area contributed by atoms with Gasteiger partial charge >= 0.3 is 0 Å². The number of aromatic nitrogens is 3. The van der Waals surface area contributed by atoms with Crippen LogP contribution in [0.3, 0.4) is 0 Å². The second kappa shape index (κ2) is 9.45. The van der Waals surface area contributed by atoms with E-state index in [0.29, 0.717) is 36.5 Å². The van der Waals surface area contributed by atoms with Gasteiger partial charge in [-0.25, -0.2) is 4.98 Å². The Kier molecular flexibility index (Phi) is 6.51. The first-order chi connectivity index (χ1) is 13.6. The molecule has 0 radical (unpaired) electrons. The van der Waals surface area contributed by atoms with Crippen LogP contribution in [-0.2, 0) is 22.4 Å². The summed E-state index contributed by atoms with van der Waals surface area (Å²) in [5.41, 5.74) is 2.41. The van der Waals surface area contributed by atoms with Crippen LogP contribution in [0.4, 0.5) is 11.4 Å². The highest BCUT2D eigenvalue weighted by Crippen LogP contribution is 2.16. The zero-order valence-corrected chi connectivity index (χ0v) is 15.7. The van der Waals surface area contributed by atoms with Crippen molar-refractivity contribution in [2.45, 2.75) is 32.6 Å². The largest absolute Gasteiger partial charge is 0.326 e. The second-order valence-electron chi connectivity index (χ2n) is 6.50. The van der Waals surface area contributed by atoms with E-state index in [0.717, 1.165) is 11.4 Å². The summed E-state index contributed by atoms with van der Waals surface area (Å²) in [6.45, 7) is 1.82. The molecule has 3 aromatic rings. The fraction of sp³-hybridized carbons (Fsp3) is 0.238. The average Bonchev–Trinajstić information content (AvgIpc) is 3.11. The van der Waals surface area contributed by atoms with E-state index in [1.165, 1.54) is 0 Å². The molecule has 0 aliphatic heterocycles. The van der Waals surface area contributed by atoms with Crippen LogP contribution in [-0.4, -0.2) is 27.0 Å². The van der Waals surface area contributed by atoms with Gasteiger partial charge in [-0.15, -0.1) is 0 Å². The van der Waals surface area contributed by atoms with E-state index in [9.17, 15) is 9.59 Å². The number of hydrogen-bond acceptors (Lipinski definition) is 4. The van der Waals surface area contributed by atoms with Gasteiger partial charge in [-0.1, -0.05) is 36.4 Å². The topological polar surface area (TPSA) is 99.8 Å². The molecule has 0 atom stereocenters. The number of nitrogens with zero attached hydrogens (tertiary/aromatic N) is 2. The van der Waals surface area contributed by atoms with Crippen molar-refractivity contribution in [1.82, 2.24) is 15.2 Å². The molecule has 0 fully saturated rings. The fourth-order valence-corrected chi connectivity index (χ4v) is 2.75. The van der Waals surface area contributed by atoms with Gasteiger partial charge in [0.05, 0.1) is 0 Å². The number of benzene rings is 2. The van der Waals surface area contributed by atoms with Gasteiger partial charge in [0, 0.05) is 30.6 Å². The third kappa shape index (κ3) is 6.05. The number of nitrogens with one attached hydrogen (secondary N) is 3. The maximum absolute atomic E-state index is 12.2. The zero-order chi connectivity index (χ0) is 19.8. The molecule has 0 aliphatic carbocycles. The van der Waals surface area contributed by atoms with E-state index in [2.05, 4.69) is 25.8 Å². The van der Waals surface area contributed by atoms with Gasteiger partial charge in [-0.05, 0) is 37.1 Å². The molecule has 1 aromatic heterocycles. The predicted molar refractivity (Wildman–Crippen MR) is 108 cm³/mol. The summed E-state index contributed by atoms with van der Waals surface area (Å²) in [5, 5.41) is 12.5. The number of rotatable bonds is 8. The monoisotopic (exact) mass is 377 g/mol. The number of aryl methyl sites for hydroxylation is 3. The lowest BCUT2D eigenvalue weighted by atomic mass is 10.1. The fourth-order valence-electron chi connectivity index (χ4n) is 2.75. The summed E-state index contributed by atoms with van der Waals surface area (Å²) < 4.78 is 0. The van der Waals surface area contributed by atoms with Gasteiger partial charge in [-0.3, -0.25) is 14.7 Å². The van der Waals surface area contributed by atoms with Crippen LogP contribution in [0.1, 0.15) is 30.1 Å². The summed E-state index contributed by atoms with van der Waals surface area (Å²) in [6.07, 6.45) is 1.83. The smallest absolute Gasteiger partial charge is 0.224 e. The molecule has 3 rings (SSSR count). The van der Waals surface area contributed by atoms with Crippen LogP contribution in [0.15, 0.2) is 54.6 Å². The highest BCUT2D eigenvalue weighted by atomic mass is 16.2. The Balaban J connectivity index is 1.47. The molecule has 0 bridgehead atoms. The SMILES string of the molecule is Cc1nc(CCC(=O)Nc2cccc(NC(=O)CCc3ccccc3)c2)n[nH]1. The number of carbonyl (C=O) groups is 2. The van der Waals surface area contributed by atoms with Crippen LogP contribution in [0.5, 0.6) is 0 Å². The van der Waals surface area contributed by atoms with Crippen LogP contribution in [0.25, 0.3) is 0 Å². The molecule has 0 unspecified atom stereocenters. The third-order valence-electron chi connectivity index (χ3n) is 4.13. The number of H-pyrrole nitrogens is 1. The van der Waals surface area contributed by atoms with E-state index < -0.39 is 0 Å². The van der Waals surface area contributed by atoms with Crippen molar-refractivity contribution in [2.75, 3.05) is 10.6 Å². The van der Waals surface area contributed by atoms with Crippen molar-refractivity contribution < 1.29 is 9.59 Å². The molecule has 2 amide bonds. The van der Waals surface area contributed by atoms with E-state index in [1.54, 1.807) is 24.3 Å². The summed E-state index contributed by atoms with van der Waals surface area (Å²) in [7, 11) is 0. The van der Waals surface area contributed by atoms with Crippen LogP contribution >= 0.6 is 0 Å². The number of anilines is 2. The maximum atomic E-state index is 12.2. The first-order valence-electron chi connectivity index (χ1n) is 9.20. The first kappa shape index (κ1) is 19.3. The summed E-state index contributed by atoms with van der Waals surface area (Å²) in [6, 6.07) is 17.0. The lowest BCUT2D eigenvalue weighted by Crippen LogP contribution is -2.14. The average molecular weight is 377 g/mol. The van der Waals surface area contributed by atoms with Crippen molar-refractivity contribution in [1.29, 1.82) is 0 Å². The minimum absolute atomic E-state index is 0.0627. The van der Waals surface area contributed by atoms with Crippen LogP contribution in [0.2, 0.25) is 0 Å². The third-order valence-corrected chi connectivity index (χ3v) is 4.13. The summed E-state index contributed by atoms with van der Waals surface area (Å²) in [4.78, 5) is 28.5. The van der Waals surface area contributed by atoms with Gasteiger partial charge in [0.15, 0.2) is 5.82 Å². The van der Waals surface area contributed by atoms with Crippen molar-refractivity contribution in [3.63, 3.8) is 0 Å². The molecule has 7 heteroatoms. The van der Waals surface area contributed by atoms with E-state index in [1.807, 2.05) is 37.3 Å². The normalized spacial score (nSPS) is 10.5. The van der Waals surface area contributed by atoms with E-state index in [-0.39, 0.29) is 18.2 Å². The molecule has 7 nitrogen and oxygen atoms in total. The quantitative estimate of drug-likeness (QED) is 0.561. The molecule has 0 saturated heterocycles. The highest BCUT2D eigenvalue weighted by Gasteiger charge is 2.08. The molecule has 0 saturated carbocycles. The zero-order valence-electron chi connectivity index (χ0n) is 15.7. The number of amides is 2. The minimum atomic E-state index is -0.130. The van der Waals surface area contributed by atoms with Gasteiger partial charge in [0.1, 0.15) is 5.82 Å². The Bertz CT molecular complexity index is 937. The lowest BCUT2D eigenvalue weighted by Gasteiger charge is -2.09. The van der Waals surface area contributed by atoms with Gasteiger partial charge < -0.3 is 10.6 Å². The van der Waals surface area contributed by atoms with Crippen molar-refractivity contribution in [3.05, 3.63) is 71.8 Å². The van der Waals surface area contributed by atoms with E-state index in [4.69, 9.17) is 0 Å². The van der Waals surface area contributed by atoms with Crippen LogP contribution in [0, 0.1) is 6.92 Å². The first-order valence-corrected chi connectivity index (χ1v) is 9.20. The molecule has 28 heavy (non-hydrogen) atoms. The Morgan fingerprint density at radius 3 is 2.14 bits per heavy atom. The number of carbonyl (C=O) groups excluding carboxylic acids is 2. The maximum Gasteiger partial charge on any atom is 0.224 e. The predicted octanol–water partition coefficient (Wildman–Crippen LogP) is 3.26.